The fourth-order valence-electron chi connectivity index (χ4n) is 4.42. The van der Waals surface area contributed by atoms with Crippen LogP contribution in [0.1, 0.15) is 29.3 Å². The van der Waals surface area contributed by atoms with E-state index in [1.165, 1.54) is 25.2 Å². The molecule has 0 spiro atoms. The van der Waals surface area contributed by atoms with E-state index in [1.54, 1.807) is 24.3 Å². The number of aromatic hydroxyl groups is 1. The number of aromatic nitrogens is 2. The van der Waals surface area contributed by atoms with Crippen LogP contribution in [0.25, 0.3) is 11.4 Å². The molecule has 1 aliphatic heterocycles. The molecule has 216 valence electrons. The first-order chi connectivity index (χ1) is 20.2. The van der Waals surface area contributed by atoms with Gasteiger partial charge in [-0.3, -0.25) is 9.59 Å². The minimum atomic E-state index is -0.850. The number of anilines is 2. The predicted molar refractivity (Wildman–Crippen MR) is 154 cm³/mol. The summed E-state index contributed by atoms with van der Waals surface area (Å²) in [6, 6.07) is 12.5. The number of nitrogens with zero attached hydrogens (tertiary/aromatic N) is 2. The molecule has 0 unspecified atom stereocenters. The molecular weight excluding hydrogens is 547 g/mol. The highest BCUT2D eigenvalue weighted by molar-refractivity contribution is 6.03. The zero-order chi connectivity index (χ0) is 30.0. The van der Waals surface area contributed by atoms with Crippen LogP contribution < -0.4 is 36.5 Å². The Hall–Kier alpha value is -5.52. The second kappa shape index (κ2) is 11.5. The van der Waals surface area contributed by atoms with Gasteiger partial charge in [-0.15, -0.1) is 0 Å². The van der Waals surface area contributed by atoms with Gasteiger partial charge in [0.25, 0.3) is 11.5 Å². The number of allylic oxidation sites excluding steroid dienone is 1. The molecule has 1 aromatic heterocycles. The van der Waals surface area contributed by atoms with E-state index in [-0.39, 0.29) is 47.4 Å². The largest absolute Gasteiger partial charge is 0.504 e. The summed E-state index contributed by atoms with van der Waals surface area (Å²) in [4.78, 5) is 38.8. The lowest BCUT2D eigenvalue weighted by molar-refractivity contribution is 0.102. The highest BCUT2D eigenvalue weighted by Crippen LogP contribution is 2.47. The van der Waals surface area contributed by atoms with Crippen molar-refractivity contribution in [2.24, 2.45) is 7.05 Å². The number of fused-ring (bicyclic) bond motifs is 1. The van der Waals surface area contributed by atoms with E-state index < -0.39 is 23.0 Å². The van der Waals surface area contributed by atoms with Crippen LogP contribution in [0, 0.1) is 5.82 Å². The third-order valence-corrected chi connectivity index (χ3v) is 6.38. The quantitative estimate of drug-likeness (QED) is 0.223. The molecule has 42 heavy (non-hydrogen) atoms. The number of amides is 1. The Morgan fingerprint density at radius 2 is 1.76 bits per heavy atom. The molecule has 0 bridgehead atoms. The van der Waals surface area contributed by atoms with E-state index in [0.29, 0.717) is 29.2 Å². The van der Waals surface area contributed by atoms with Crippen molar-refractivity contribution in [1.82, 2.24) is 9.13 Å². The molecule has 0 aliphatic carbocycles. The fourth-order valence-corrected chi connectivity index (χ4v) is 4.42. The molecule has 0 saturated heterocycles. The van der Waals surface area contributed by atoms with Gasteiger partial charge >= 0.3 is 5.69 Å². The van der Waals surface area contributed by atoms with Crippen LogP contribution in [0.2, 0.25) is 0 Å². The van der Waals surface area contributed by atoms with Gasteiger partial charge in [0.05, 0.1) is 16.9 Å². The van der Waals surface area contributed by atoms with Crippen molar-refractivity contribution in [2.75, 3.05) is 24.3 Å². The number of carbonyl (C=O) groups excluding carboxylic acids is 1. The van der Waals surface area contributed by atoms with Crippen molar-refractivity contribution in [3.63, 3.8) is 0 Å². The summed E-state index contributed by atoms with van der Waals surface area (Å²) < 4.78 is 32.7. The van der Waals surface area contributed by atoms with Gasteiger partial charge in [0.1, 0.15) is 36.1 Å². The average Bonchev–Trinajstić information content (AvgIpc) is 2.97. The number of hydrogen-bond donors (Lipinski definition) is 3. The van der Waals surface area contributed by atoms with E-state index in [0.717, 1.165) is 27.5 Å². The number of carbonyl (C=O) groups is 1. The van der Waals surface area contributed by atoms with Crippen molar-refractivity contribution in [3.8, 4) is 28.7 Å². The van der Waals surface area contributed by atoms with Gasteiger partial charge in [-0.1, -0.05) is 6.92 Å². The Bertz CT molecular complexity index is 1810. The maximum atomic E-state index is 13.4. The van der Waals surface area contributed by atoms with Crippen LogP contribution in [0.4, 0.5) is 15.8 Å². The smallest absolute Gasteiger partial charge is 0.335 e. The van der Waals surface area contributed by atoms with E-state index >= 15 is 0 Å². The van der Waals surface area contributed by atoms with Gasteiger partial charge in [-0.05, 0) is 61.0 Å². The second-order valence-corrected chi connectivity index (χ2v) is 9.33. The number of ether oxygens (including phenoxy) is 3. The normalized spacial score (nSPS) is 12.6. The molecule has 11 nitrogen and oxygen atoms in total. The van der Waals surface area contributed by atoms with Gasteiger partial charge < -0.3 is 34.9 Å². The molecule has 0 fully saturated rings. The Labute approximate surface area is 238 Å². The number of phenolic OH excluding ortho intramolecular Hbond substituents is 1. The third kappa shape index (κ3) is 5.42. The van der Waals surface area contributed by atoms with Gasteiger partial charge in [0.15, 0.2) is 11.5 Å². The Morgan fingerprint density at radius 3 is 2.43 bits per heavy atom. The summed E-state index contributed by atoms with van der Waals surface area (Å²) in [5.74, 6) is -0.143. The van der Waals surface area contributed by atoms with Gasteiger partial charge in [0, 0.05) is 25.0 Å². The number of hydrogen-bond acceptors (Lipinski definition) is 8. The molecule has 1 aliphatic rings. The lowest BCUT2D eigenvalue weighted by atomic mass is 10.1. The molecule has 0 atom stereocenters. The zero-order valence-corrected chi connectivity index (χ0v) is 22.7. The lowest BCUT2D eigenvalue weighted by Gasteiger charge is -2.24. The predicted octanol–water partition coefficient (Wildman–Crippen LogP) is 3.82. The third-order valence-electron chi connectivity index (χ3n) is 6.38. The highest BCUT2D eigenvalue weighted by Gasteiger charge is 2.26. The summed E-state index contributed by atoms with van der Waals surface area (Å²) in [6.07, 6.45) is 3.56. The summed E-state index contributed by atoms with van der Waals surface area (Å²) in [5, 5.41) is 12.9. The first-order valence-electron chi connectivity index (χ1n) is 13.0. The first kappa shape index (κ1) is 28.0. The monoisotopic (exact) mass is 574 g/mol. The average molecular weight is 575 g/mol. The Morgan fingerprint density at radius 1 is 1.10 bits per heavy atom. The number of nitrogens with two attached hydrogens (primary N) is 1. The minimum Gasteiger partial charge on any atom is -0.504 e. The van der Waals surface area contributed by atoms with Crippen LogP contribution >= 0.6 is 0 Å². The molecular formula is C30H27FN4O7. The maximum Gasteiger partial charge on any atom is 0.335 e. The number of benzene rings is 3. The van der Waals surface area contributed by atoms with Crippen LogP contribution in [-0.4, -0.2) is 33.4 Å². The molecule has 4 aromatic rings. The van der Waals surface area contributed by atoms with E-state index in [2.05, 4.69) is 5.32 Å². The molecule has 0 saturated carbocycles. The van der Waals surface area contributed by atoms with Crippen LogP contribution in [0.5, 0.6) is 23.0 Å². The number of phenols is 1. The first-order valence-corrected chi connectivity index (χ1v) is 13.0. The number of nitrogens with one attached hydrogen (secondary N) is 1. The maximum absolute atomic E-state index is 13.4. The highest BCUT2D eigenvalue weighted by atomic mass is 19.1. The summed E-state index contributed by atoms with van der Waals surface area (Å²) in [6.45, 7) is 2.48. The SMILES string of the molecule is CC/C=C(/Oc1ccc(NC(=O)c2cn(C)c(=O)n(-c3ccc(F)cc3)c2=O)cc1)c1c(N)cc(O)c2c1OCCO2. The molecule has 12 heteroatoms. The van der Waals surface area contributed by atoms with Crippen LogP contribution in [0.3, 0.4) is 0 Å². The zero-order valence-electron chi connectivity index (χ0n) is 22.7. The number of aryl methyl sites for hydroxylation is 1. The van der Waals surface area contributed by atoms with Crippen molar-refractivity contribution >= 4 is 23.0 Å². The van der Waals surface area contributed by atoms with Crippen molar-refractivity contribution in [2.45, 2.75) is 13.3 Å². The van der Waals surface area contributed by atoms with Crippen molar-refractivity contribution in [3.05, 3.63) is 105 Å². The van der Waals surface area contributed by atoms with Crippen LogP contribution in [-0.2, 0) is 7.05 Å². The fraction of sp³-hybridized carbons (Fsp3) is 0.167. The molecule has 3 aromatic carbocycles. The minimum absolute atomic E-state index is 0.126. The second-order valence-electron chi connectivity index (χ2n) is 9.33. The summed E-state index contributed by atoms with van der Waals surface area (Å²) >= 11 is 0. The number of halogens is 1. The topological polar surface area (TPSA) is 147 Å². The van der Waals surface area contributed by atoms with Crippen molar-refractivity contribution < 1.29 is 28.5 Å². The molecule has 2 heterocycles. The van der Waals surface area contributed by atoms with E-state index in [9.17, 15) is 23.9 Å². The van der Waals surface area contributed by atoms with Gasteiger partial charge in [-0.2, -0.15) is 0 Å². The standard InChI is InChI=1S/C30H27FN4O7/c1-3-4-24(25-22(32)15-23(36)26-27(25)41-14-13-40-26)42-20-11-7-18(8-12-20)33-28(37)21-16-34(2)30(39)35(29(21)38)19-9-5-17(31)6-10-19/h4-12,15-16,36H,3,13-14,32H2,1-2H3,(H,33,37)/b24-4+. The summed E-state index contributed by atoms with van der Waals surface area (Å²) in [7, 11) is 1.40. The number of rotatable bonds is 7. The molecule has 4 N–H and O–H groups in total. The Balaban J connectivity index is 1.39. The van der Waals surface area contributed by atoms with Crippen LogP contribution in [0.15, 0.2) is 76.5 Å². The molecule has 5 rings (SSSR count). The summed E-state index contributed by atoms with van der Waals surface area (Å²) in [5.41, 5.74) is 5.56. The molecule has 0 radical (unpaired) electrons. The van der Waals surface area contributed by atoms with Crippen molar-refractivity contribution in [1.29, 1.82) is 0 Å². The van der Waals surface area contributed by atoms with E-state index in [1.807, 2.05) is 13.0 Å². The van der Waals surface area contributed by atoms with Gasteiger partial charge in [0.2, 0.25) is 5.75 Å². The Kier molecular flexibility index (Phi) is 7.69. The molecule has 1 amide bonds. The number of nitrogen functional groups attached to an aromatic ring is 1. The van der Waals surface area contributed by atoms with Gasteiger partial charge in [-0.25, -0.2) is 13.8 Å². The van der Waals surface area contributed by atoms with E-state index in [4.69, 9.17) is 19.9 Å². The lowest BCUT2D eigenvalue weighted by Crippen LogP contribution is -2.41.